The number of aliphatic hydroxyl groups excluding tert-OH is 1. The Balaban J connectivity index is 0.000000815. The van der Waals surface area contributed by atoms with Gasteiger partial charge in [-0.2, -0.15) is 0 Å². The lowest BCUT2D eigenvalue weighted by Crippen LogP contribution is -2.43. The van der Waals surface area contributed by atoms with Crippen molar-refractivity contribution in [2.45, 2.75) is 104 Å². The first-order valence-corrected chi connectivity index (χ1v) is 11.4. The van der Waals surface area contributed by atoms with Crippen LogP contribution in [0.25, 0.3) is 0 Å². The molecule has 0 aromatic rings. The van der Waals surface area contributed by atoms with Gasteiger partial charge in [-0.25, -0.2) is 0 Å². The first-order valence-electron chi connectivity index (χ1n) is 11.4. The van der Waals surface area contributed by atoms with Gasteiger partial charge in [-0.05, 0) is 106 Å². The molecule has 4 fully saturated rings. The summed E-state index contributed by atoms with van der Waals surface area (Å²) in [5.74, 6) is 7.07. The molecule has 1 heteroatoms. The average Bonchev–Trinajstić information content (AvgIpc) is 2.63. The van der Waals surface area contributed by atoms with Crippen LogP contribution in [0.3, 0.4) is 0 Å². The summed E-state index contributed by atoms with van der Waals surface area (Å²) in [4.78, 5) is 0. The summed E-state index contributed by atoms with van der Waals surface area (Å²) >= 11 is 0. The summed E-state index contributed by atoms with van der Waals surface area (Å²) in [7, 11) is 0. The van der Waals surface area contributed by atoms with E-state index in [9.17, 15) is 5.11 Å². The van der Waals surface area contributed by atoms with Gasteiger partial charge in [-0.3, -0.25) is 0 Å². The SMILES string of the molecule is CC.CC1CCC(C2CCC3C(CCC4CC(O)CCC43)C2)CC1. The Morgan fingerprint density at radius 2 is 1.04 bits per heavy atom. The fraction of sp³-hybridized carbons (Fsp3) is 1.00. The van der Waals surface area contributed by atoms with Crippen LogP contribution in [0.15, 0.2) is 0 Å². The van der Waals surface area contributed by atoms with Crippen LogP contribution in [-0.2, 0) is 0 Å². The Hall–Kier alpha value is -0.0400. The quantitative estimate of drug-likeness (QED) is 0.585. The zero-order valence-electron chi connectivity index (χ0n) is 16.6. The van der Waals surface area contributed by atoms with Gasteiger partial charge in [0.1, 0.15) is 0 Å². The molecule has 0 aromatic carbocycles. The highest BCUT2D eigenvalue weighted by atomic mass is 16.3. The van der Waals surface area contributed by atoms with Crippen molar-refractivity contribution in [1.82, 2.24) is 0 Å². The van der Waals surface area contributed by atoms with Gasteiger partial charge in [0.25, 0.3) is 0 Å². The second kappa shape index (κ2) is 8.56. The van der Waals surface area contributed by atoms with Crippen molar-refractivity contribution in [3.8, 4) is 0 Å². The zero-order chi connectivity index (χ0) is 17.1. The molecule has 6 atom stereocenters. The molecule has 0 spiro atoms. The van der Waals surface area contributed by atoms with E-state index in [1.165, 1.54) is 57.8 Å². The summed E-state index contributed by atoms with van der Waals surface area (Å²) in [5, 5.41) is 9.98. The lowest BCUT2D eigenvalue weighted by molar-refractivity contribution is -0.0342. The maximum absolute atomic E-state index is 9.98. The van der Waals surface area contributed by atoms with E-state index in [0.29, 0.717) is 0 Å². The van der Waals surface area contributed by atoms with E-state index < -0.39 is 0 Å². The molecule has 0 bridgehead atoms. The molecule has 0 radical (unpaired) electrons. The fourth-order valence-corrected chi connectivity index (χ4v) is 6.99. The second-order valence-electron chi connectivity index (χ2n) is 9.49. The largest absolute Gasteiger partial charge is 0.393 e. The van der Waals surface area contributed by atoms with Crippen molar-refractivity contribution < 1.29 is 5.11 Å². The third kappa shape index (κ3) is 4.02. The van der Waals surface area contributed by atoms with Gasteiger partial charge in [0, 0.05) is 0 Å². The van der Waals surface area contributed by atoms with Crippen LogP contribution in [0, 0.1) is 41.4 Å². The van der Waals surface area contributed by atoms with E-state index in [-0.39, 0.29) is 6.10 Å². The molecule has 0 heterocycles. The van der Waals surface area contributed by atoms with Crippen LogP contribution in [-0.4, -0.2) is 11.2 Å². The smallest absolute Gasteiger partial charge is 0.0543 e. The molecule has 24 heavy (non-hydrogen) atoms. The van der Waals surface area contributed by atoms with Crippen molar-refractivity contribution in [1.29, 1.82) is 0 Å². The Morgan fingerprint density at radius 3 is 1.71 bits per heavy atom. The molecule has 0 amide bonds. The normalized spacial score (nSPS) is 48.5. The second-order valence-corrected chi connectivity index (χ2v) is 9.49. The van der Waals surface area contributed by atoms with Crippen molar-refractivity contribution in [3.63, 3.8) is 0 Å². The van der Waals surface area contributed by atoms with E-state index in [2.05, 4.69) is 6.92 Å². The molecule has 4 aliphatic rings. The van der Waals surface area contributed by atoms with Gasteiger partial charge in [-0.15, -0.1) is 0 Å². The van der Waals surface area contributed by atoms with Crippen LogP contribution in [0.2, 0.25) is 0 Å². The summed E-state index contributed by atoms with van der Waals surface area (Å²) in [5.41, 5.74) is 0. The fourth-order valence-electron chi connectivity index (χ4n) is 6.99. The van der Waals surface area contributed by atoms with Crippen molar-refractivity contribution in [3.05, 3.63) is 0 Å². The van der Waals surface area contributed by atoms with Gasteiger partial charge in [0.05, 0.1) is 6.10 Å². The average molecular weight is 335 g/mol. The van der Waals surface area contributed by atoms with Crippen LogP contribution in [0.4, 0.5) is 0 Å². The van der Waals surface area contributed by atoms with Gasteiger partial charge < -0.3 is 5.11 Å². The molecule has 0 saturated heterocycles. The highest BCUT2D eigenvalue weighted by Crippen LogP contribution is 2.54. The molecule has 1 N–H and O–H groups in total. The highest BCUT2D eigenvalue weighted by molar-refractivity contribution is 4.95. The van der Waals surface area contributed by atoms with Gasteiger partial charge in [0.2, 0.25) is 0 Å². The number of aliphatic hydroxyl groups is 1. The minimum Gasteiger partial charge on any atom is -0.393 e. The standard InChI is InChI=1S/C21H36O.C2H6/c1-14-2-4-15(5-3-14)16-8-10-20-17(12-16)6-7-18-13-19(22)9-11-21(18)20;1-2/h14-22H,2-13H2,1H3;1-2H3. The summed E-state index contributed by atoms with van der Waals surface area (Å²) in [6.07, 6.45) is 17.2. The molecule has 0 aliphatic heterocycles. The number of rotatable bonds is 1. The van der Waals surface area contributed by atoms with E-state index in [4.69, 9.17) is 0 Å². The van der Waals surface area contributed by atoms with E-state index in [1.807, 2.05) is 13.8 Å². The van der Waals surface area contributed by atoms with Crippen molar-refractivity contribution >= 4 is 0 Å². The topological polar surface area (TPSA) is 20.2 Å². The third-order valence-electron chi connectivity index (χ3n) is 8.28. The molecule has 4 rings (SSSR count). The number of hydrogen-bond acceptors (Lipinski definition) is 1. The molecular weight excluding hydrogens is 292 g/mol. The minimum atomic E-state index is 0.0263. The van der Waals surface area contributed by atoms with Gasteiger partial charge in [0.15, 0.2) is 0 Å². The van der Waals surface area contributed by atoms with Crippen LogP contribution in [0.5, 0.6) is 0 Å². The Labute approximate surface area is 151 Å². The molecule has 4 saturated carbocycles. The Bertz CT molecular complexity index is 370. The molecule has 1 nitrogen and oxygen atoms in total. The first-order chi connectivity index (χ1) is 11.7. The van der Waals surface area contributed by atoms with Crippen molar-refractivity contribution in [2.75, 3.05) is 0 Å². The zero-order valence-corrected chi connectivity index (χ0v) is 16.6. The Morgan fingerprint density at radius 1 is 0.542 bits per heavy atom. The van der Waals surface area contributed by atoms with Gasteiger partial charge in [-0.1, -0.05) is 33.6 Å². The van der Waals surface area contributed by atoms with E-state index >= 15 is 0 Å². The number of fused-ring (bicyclic) bond motifs is 3. The van der Waals surface area contributed by atoms with E-state index in [1.54, 1.807) is 6.42 Å². The Kier molecular flexibility index (Phi) is 6.69. The summed E-state index contributed by atoms with van der Waals surface area (Å²) in [6.45, 7) is 6.45. The monoisotopic (exact) mass is 334 g/mol. The molecule has 6 unspecified atom stereocenters. The number of hydrogen-bond donors (Lipinski definition) is 1. The van der Waals surface area contributed by atoms with Crippen molar-refractivity contribution in [2.24, 2.45) is 41.4 Å². The molecular formula is C23H42O. The lowest BCUT2D eigenvalue weighted by Gasteiger charge is -2.51. The molecule has 140 valence electrons. The van der Waals surface area contributed by atoms with Crippen LogP contribution < -0.4 is 0 Å². The first kappa shape index (κ1) is 18.7. The lowest BCUT2D eigenvalue weighted by atomic mass is 9.54. The molecule has 4 aliphatic carbocycles. The molecule has 0 aromatic heterocycles. The predicted molar refractivity (Wildman–Crippen MR) is 103 cm³/mol. The summed E-state index contributed by atoms with van der Waals surface area (Å²) in [6, 6.07) is 0. The predicted octanol–water partition coefficient (Wildman–Crippen LogP) is 6.44. The minimum absolute atomic E-state index is 0.0263. The van der Waals surface area contributed by atoms with Crippen LogP contribution >= 0.6 is 0 Å². The van der Waals surface area contributed by atoms with E-state index in [0.717, 1.165) is 54.3 Å². The maximum atomic E-state index is 9.98. The third-order valence-corrected chi connectivity index (χ3v) is 8.28. The van der Waals surface area contributed by atoms with Crippen LogP contribution in [0.1, 0.15) is 97.8 Å². The summed E-state index contributed by atoms with van der Waals surface area (Å²) < 4.78 is 0. The van der Waals surface area contributed by atoms with Gasteiger partial charge >= 0.3 is 0 Å². The maximum Gasteiger partial charge on any atom is 0.0543 e. The highest BCUT2D eigenvalue weighted by Gasteiger charge is 2.45.